The SMILES string of the molecule is CCN(CC)Cc1cnc2c(C(=O)N3CC(N4CCCC[C@@H]4C)C3)cnn2c1. The maximum atomic E-state index is 13.0. The third-order valence-corrected chi connectivity index (χ3v) is 6.41. The summed E-state index contributed by atoms with van der Waals surface area (Å²) < 4.78 is 1.75. The third-order valence-electron chi connectivity index (χ3n) is 6.41. The standard InChI is InChI=1S/C21H32N6O/c1-4-24(5-2)12-17-10-22-20-19(11-23-27(20)13-17)21(28)25-14-18(15-25)26-9-7-6-8-16(26)3/h10-11,13,16,18H,4-9,12,14-15H2,1-3H3/t16-/m0/s1. The van der Waals surface area contributed by atoms with E-state index in [-0.39, 0.29) is 5.91 Å². The molecule has 7 nitrogen and oxygen atoms in total. The molecule has 0 spiro atoms. The van der Waals surface area contributed by atoms with Gasteiger partial charge >= 0.3 is 0 Å². The summed E-state index contributed by atoms with van der Waals surface area (Å²) in [4.78, 5) is 24.4. The predicted molar refractivity (Wildman–Crippen MR) is 109 cm³/mol. The van der Waals surface area contributed by atoms with Crippen molar-refractivity contribution >= 4 is 11.6 Å². The van der Waals surface area contributed by atoms with Crippen molar-refractivity contribution in [2.45, 2.75) is 58.7 Å². The van der Waals surface area contributed by atoms with E-state index in [1.54, 1.807) is 10.7 Å². The molecule has 0 saturated carbocycles. The van der Waals surface area contributed by atoms with Gasteiger partial charge in [0.15, 0.2) is 5.65 Å². The lowest BCUT2D eigenvalue weighted by Gasteiger charge is -2.49. The highest BCUT2D eigenvalue weighted by molar-refractivity contribution is 6.00. The van der Waals surface area contributed by atoms with Gasteiger partial charge in [-0.25, -0.2) is 9.50 Å². The van der Waals surface area contributed by atoms with Gasteiger partial charge in [0, 0.05) is 49.7 Å². The number of piperidine rings is 1. The Hall–Kier alpha value is -1.99. The molecule has 1 atom stereocenters. The lowest BCUT2D eigenvalue weighted by atomic mass is 9.97. The van der Waals surface area contributed by atoms with Gasteiger partial charge in [-0.2, -0.15) is 5.10 Å². The molecule has 0 aromatic carbocycles. The number of hydrogen-bond acceptors (Lipinski definition) is 5. The van der Waals surface area contributed by atoms with E-state index in [4.69, 9.17) is 0 Å². The van der Waals surface area contributed by atoms with Crippen LogP contribution in [0.2, 0.25) is 0 Å². The molecule has 152 valence electrons. The number of carbonyl (C=O) groups is 1. The van der Waals surface area contributed by atoms with Crippen LogP contribution in [0.5, 0.6) is 0 Å². The Kier molecular flexibility index (Phi) is 5.64. The summed E-state index contributed by atoms with van der Waals surface area (Å²) in [6.07, 6.45) is 9.42. The fourth-order valence-corrected chi connectivity index (χ4v) is 4.52. The van der Waals surface area contributed by atoms with E-state index in [0.717, 1.165) is 38.3 Å². The zero-order valence-electron chi connectivity index (χ0n) is 17.3. The Morgan fingerprint density at radius 1 is 1.21 bits per heavy atom. The molecule has 4 rings (SSSR count). The molecule has 28 heavy (non-hydrogen) atoms. The number of amides is 1. The van der Waals surface area contributed by atoms with Crippen molar-refractivity contribution in [3.63, 3.8) is 0 Å². The second-order valence-electron chi connectivity index (χ2n) is 8.20. The van der Waals surface area contributed by atoms with Crippen LogP contribution in [0.1, 0.15) is 56.0 Å². The second kappa shape index (κ2) is 8.17. The van der Waals surface area contributed by atoms with Gasteiger partial charge in [-0.3, -0.25) is 14.6 Å². The van der Waals surface area contributed by atoms with E-state index in [9.17, 15) is 4.79 Å². The molecule has 2 saturated heterocycles. The van der Waals surface area contributed by atoms with Crippen LogP contribution in [-0.4, -0.2) is 80.0 Å². The highest BCUT2D eigenvalue weighted by atomic mass is 16.2. The van der Waals surface area contributed by atoms with E-state index in [2.05, 4.69) is 40.7 Å². The van der Waals surface area contributed by atoms with Crippen LogP contribution in [-0.2, 0) is 6.54 Å². The molecular weight excluding hydrogens is 352 g/mol. The number of aromatic nitrogens is 3. The number of carbonyl (C=O) groups excluding carboxylic acids is 1. The Labute approximate surface area is 167 Å². The lowest BCUT2D eigenvalue weighted by molar-refractivity contribution is 0.00222. The van der Waals surface area contributed by atoms with Gasteiger partial charge in [0.1, 0.15) is 5.56 Å². The molecule has 2 aliphatic rings. The first-order chi connectivity index (χ1) is 13.6. The molecule has 0 bridgehead atoms. The topological polar surface area (TPSA) is 57.0 Å². The highest BCUT2D eigenvalue weighted by Crippen LogP contribution is 2.26. The summed E-state index contributed by atoms with van der Waals surface area (Å²) in [7, 11) is 0. The van der Waals surface area contributed by atoms with Crippen LogP contribution in [0.3, 0.4) is 0 Å². The van der Waals surface area contributed by atoms with Crippen molar-refractivity contribution in [2.24, 2.45) is 0 Å². The van der Waals surface area contributed by atoms with Crippen LogP contribution >= 0.6 is 0 Å². The molecule has 0 N–H and O–H groups in total. The van der Waals surface area contributed by atoms with E-state index in [1.165, 1.54) is 25.8 Å². The monoisotopic (exact) mass is 384 g/mol. The van der Waals surface area contributed by atoms with Gasteiger partial charge in [0.05, 0.1) is 6.20 Å². The summed E-state index contributed by atoms with van der Waals surface area (Å²) in [6.45, 7) is 12.3. The largest absolute Gasteiger partial charge is 0.335 e. The normalized spacial score (nSPS) is 21.4. The summed E-state index contributed by atoms with van der Waals surface area (Å²) in [5, 5.41) is 4.40. The summed E-state index contributed by atoms with van der Waals surface area (Å²) >= 11 is 0. The maximum absolute atomic E-state index is 13.0. The van der Waals surface area contributed by atoms with E-state index >= 15 is 0 Å². The smallest absolute Gasteiger partial charge is 0.259 e. The molecule has 4 heterocycles. The predicted octanol–water partition coefficient (Wildman–Crippen LogP) is 2.27. The zero-order valence-corrected chi connectivity index (χ0v) is 17.3. The molecule has 2 aromatic rings. The third kappa shape index (κ3) is 3.65. The quantitative estimate of drug-likeness (QED) is 0.765. The minimum Gasteiger partial charge on any atom is -0.335 e. The van der Waals surface area contributed by atoms with Gasteiger partial charge < -0.3 is 4.90 Å². The molecule has 2 aliphatic heterocycles. The first-order valence-electron chi connectivity index (χ1n) is 10.7. The van der Waals surface area contributed by atoms with E-state index in [0.29, 0.717) is 23.3 Å². The molecular formula is C21H32N6O. The van der Waals surface area contributed by atoms with Gasteiger partial charge in [-0.05, 0) is 39.4 Å². The number of fused-ring (bicyclic) bond motifs is 1. The van der Waals surface area contributed by atoms with Gasteiger partial charge in [-0.1, -0.05) is 20.3 Å². The van der Waals surface area contributed by atoms with E-state index in [1.807, 2.05) is 17.3 Å². The molecule has 0 radical (unpaired) electrons. The van der Waals surface area contributed by atoms with Crippen molar-refractivity contribution in [3.05, 3.63) is 29.7 Å². The Bertz CT molecular complexity index is 823. The first-order valence-corrected chi connectivity index (χ1v) is 10.7. The lowest BCUT2D eigenvalue weighted by Crippen LogP contribution is -2.63. The Morgan fingerprint density at radius 2 is 2.00 bits per heavy atom. The number of hydrogen-bond donors (Lipinski definition) is 0. The number of nitrogens with zero attached hydrogens (tertiary/aromatic N) is 6. The van der Waals surface area contributed by atoms with Crippen LogP contribution < -0.4 is 0 Å². The maximum Gasteiger partial charge on any atom is 0.259 e. The van der Waals surface area contributed by atoms with Gasteiger partial charge in [0.2, 0.25) is 0 Å². The minimum absolute atomic E-state index is 0.0555. The Balaban J connectivity index is 1.42. The number of rotatable bonds is 6. The molecule has 1 amide bonds. The molecule has 7 heteroatoms. The van der Waals surface area contributed by atoms with Crippen molar-refractivity contribution in [1.82, 2.24) is 29.3 Å². The minimum atomic E-state index is 0.0555. The fourth-order valence-electron chi connectivity index (χ4n) is 4.52. The average Bonchev–Trinajstić information content (AvgIpc) is 3.09. The number of likely N-dealkylation sites (tertiary alicyclic amines) is 2. The fraction of sp³-hybridized carbons (Fsp3) is 0.667. The van der Waals surface area contributed by atoms with Crippen molar-refractivity contribution in [2.75, 3.05) is 32.7 Å². The van der Waals surface area contributed by atoms with Gasteiger partial charge in [0.25, 0.3) is 5.91 Å². The molecule has 2 fully saturated rings. The van der Waals surface area contributed by atoms with Crippen LogP contribution in [0.4, 0.5) is 0 Å². The Morgan fingerprint density at radius 3 is 2.71 bits per heavy atom. The first kappa shape index (κ1) is 19.3. The summed E-state index contributed by atoms with van der Waals surface area (Å²) in [5.41, 5.74) is 2.38. The average molecular weight is 385 g/mol. The summed E-state index contributed by atoms with van der Waals surface area (Å²) in [5.74, 6) is 0.0555. The van der Waals surface area contributed by atoms with Crippen molar-refractivity contribution in [1.29, 1.82) is 0 Å². The van der Waals surface area contributed by atoms with Crippen molar-refractivity contribution < 1.29 is 4.79 Å². The molecule has 0 aliphatic carbocycles. The van der Waals surface area contributed by atoms with Crippen LogP contribution in [0.25, 0.3) is 5.65 Å². The van der Waals surface area contributed by atoms with E-state index < -0.39 is 0 Å². The zero-order chi connectivity index (χ0) is 19.7. The summed E-state index contributed by atoms with van der Waals surface area (Å²) in [6, 6.07) is 1.15. The molecule has 0 unspecified atom stereocenters. The van der Waals surface area contributed by atoms with Gasteiger partial charge in [-0.15, -0.1) is 0 Å². The second-order valence-corrected chi connectivity index (χ2v) is 8.20. The highest BCUT2D eigenvalue weighted by Gasteiger charge is 2.38. The van der Waals surface area contributed by atoms with Crippen LogP contribution in [0.15, 0.2) is 18.6 Å². The van der Waals surface area contributed by atoms with Crippen molar-refractivity contribution in [3.8, 4) is 0 Å². The molecule has 2 aromatic heterocycles. The van der Waals surface area contributed by atoms with Crippen LogP contribution in [0, 0.1) is 0 Å².